The molecule has 228 valence electrons. The van der Waals surface area contributed by atoms with Gasteiger partial charge in [0.2, 0.25) is 5.95 Å². The number of hydrogen-bond acceptors (Lipinski definition) is 7. The van der Waals surface area contributed by atoms with Gasteiger partial charge in [0.05, 0.1) is 15.8 Å². The highest BCUT2D eigenvalue weighted by Crippen LogP contribution is 2.42. The maximum atomic E-state index is 13.2. The van der Waals surface area contributed by atoms with Crippen LogP contribution in [0.1, 0.15) is 72.8 Å². The van der Waals surface area contributed by atoms with Crippen molar-refractivity contribution in [3.8, 4) is 11.5 Å². The highest BCUT2D eigenvalue weighted by molar-refractivity contribution is 7.90. The first-order valence-corrected chi connectivity index (χ1v) is 19.3. The van der Waals surface area contributed by atoms with Crippen molar-refractivity contribution in [3.63, 3.8) is 0 Å². The summed E-state index contributed by atoms with van der Waals surface area (Å²) in [6, 6.07) is 8.25. The number of anilines is 3. The predicted molar refractivity (Wildman–Crippen MR) is 175 cm³/mol. The summed E-state index contributed by atoms with van der Waals surface area (Å²) >= 11 is 0. The van der Waals surface area contributed by atoms with Crippen molar-refractivity contribution < 1.29 is 13.2 Å². The summed E-state index contributed by atoms with van der Waals surface area (Å²) in [6.45, 7) is 14.4. The molecule has 1 aliphatic carbocycles. The molecule has 1 spiro atoms. The minimum Gasteiger partial charge on any atom is -0.335 e. The van der Waals surface area contributed by atoms with Crippen molar-refractivity contribution >= 4 is 52.4 Å². The molecule has 2 amide bonds. The lowest BCUT2D eigenvalue weighted by Gasteiger charge is -2.38. The van der Waals surface area contributed by atoms with Gasteiger partial charge in [0.25, 0.3) is 0 Å². The minimum absolute atomic E-state index is 0.138. The fourth-order valence-corrected chi connectivity index (χ4v) is 13.0. The van der Waals surface area contributed by atoms with Crippen LogP contribution in [0.15, 0.2) is 41.4 Å². The molecule has 0 atom stereocenters. The number of benzene rings is 1. The Morgan fingerprint density at radius 2 is 1.63 bits per heavy atom. The van der Waals surface area contributed by atoms with Crippen LogP contribution in [0.25, 0.3) is 11.0 Å². The van der Waals surface area contributed by atoms with Gasteiger partial charge in [-0.1, -0.05) is 60.3 Å². The van der Waals surface area contributed by atoms with E-state index in [1.54, 1.807) is 30.5 Å². The third-order valence-corrected chi connectivity index (χ3v) is 16.8. The van der Waals surface area contributed by atoms with Crippen molar-refractivity contribution in [1.82, 2.24) is 20.3 Å². The lowest BCUT2D eigenvalue weighted by atomic mass is 9.97. The fourth-order valence-electron chi connectivity index (χ4n) is 7.19. The number of urea groups is 1. The van der Waals surface area contributed by atoms with Gasteiger partial charge in [-0.15, -0.1) is 5.54 Å². The van der Waals surface area contributed by atoms with Gasteiger partial charge in [-0.3, -0.25) is 4.90 Å². The van der Waals surface area contributed by atoms with Crippen molar-refractivity contribution in [3.05, 3.63) is 42.1 Å². The standard InChI is InChI=1S/C32H42N6O3SSi/c1-21(2)43(22(3)4,23(5)6)17-14-24-18-28(38-31(39)34-20-32(38)15-8-9-16-32)36-29-27(24)19-33-30(37-29)35-25-10-12-26(13-11-25)42(7,40)41/h10-13,18-19,21-23H,8-9,15-16,20H2,1-7H3,(H,34,39)(H,33,35,36,37). The van der Waals surface area contributed by atoms with E-state index in [-0.39, 0.29) is 16.5 Å². The zero-order valence-electron chi connectivity index (χ0n) is 26.2. The first-order chi connectivity index (χ1) is 20.3. The van der Waals surface area contributed by atoms with Crippen LogP contribution in [-0.4, -0.2) is 55.8 Å². The molecule has 3 aromatic rings. The molecule has 1 aliphatic heterocycles. The first kappa shape index (κ1) is 30.9. The van der Waals surface area contributed by atoms with E-state index in [0.717, 1.165) is 36.6 Å². The quantitative estimate of drug-likeness (QED) is 0.227. The normalized spacial score (nSPS) is 16.8. The molecule has 3 heterocycles. The Kier molecular flexibility index (Phi) is 8.31. The van der Waals surface area contributed by atoms with Gasteiger partial charge in [-0.25, -0.2) is 23.2 Å². The number of carbonyl (C=O) groups excluding carboxylic acids is 1. The van der Waals surface area contributed by atoms with Crippen LogP contribution in [-0.2, 0) is 9.84 Å². The fraction of sp³-hybridized carbons (Fsp3) is 0.500. The number of aromatic nitrogens is 3. The maximum absolute atomic E-state index is 13.2. The average Bonchev–Trinajstić information content (AvgIpc) is 3.53. The van der Waals surface area contributed by atoms with Crippen LogP contribution in [0.4, 0.5) is 22.2 Å². The van der Waals surface area contributed by atoms with Gasteiger partial charge < -0.3 is 10.6 Å². The van der Waals surface area contributed by atoms with Crippen LogP contribution in [0.2, 0.25) is 16.6 Å². The summed E-state index contributed by atoms with van der Waals surface area (Å²) < 4.78 is 23.7. The van der Waals surface area contributed by atoms with Crippen molar-refractivity contribution in [2.45, 2.75) is 94.3 Å². The minimum atomic E-state index is -3.30. The molecular formula is C32H42N6O3SSi. The second-order valence-electron chi connectivity index (χ2n) is 13.0. The number of carbonyl (C=O) groups is 1. The SMILES string of the molecule is CC(C)[Si](C#Cc1cc(N2C(=O)NCC23CCCC3)nc2nc(Nc3ccc(S(C)(=O)=O)cc3)ncc12)(C(C)C)C(C)C. The molecule has 2 fully saturated rings. The number of fused-ring (bicyclic) bond motifs is 1. The maximum Gasteiger partial charge on any atom is 0.323 e. The zero-order chi connectivity index (χ0) is 31.2. The molecule has 0 radical (unpaired) electrons. The van der Waals surface area contributed by atoms with Crippen molar-refractivity contribution in [1.29, 1.82) is 0 Å². The first-order valence-electron chi connectivity index (χ1n) is 15.1. The van der Waals surface area contributed by atoms with E-state index < -0.39 is 17.9 Å². The summed E-state index contributed by atoms with van der Waals surface area (Å²) in [4.78, 5) is 29.6. The molecule has 2 aromatic heterocycles. The molecule has 1 aromatic carbocycles. The predicted octanol–water partition coefficient (Wildman–Crippen LogP) is 6.58. The Bertz CT molecular complexity index is 1680. The highest BCUT2D eigenvalue weighted by Gasteiger charge is 2.48. The molecule has 11 heteroatoms. The number of pyridine rings is 1. The van der Waals surface area contributed by atoms with Gasteiger partial charge in [0.15, 0.2) is 15.5 Å². The summed E-state index contributed by atoms with van der Waals surface area (Å²) in [5.41, 5.74) is 6.82. The largest absolute Gasteiger partial charge is 0.335 e. The molecule has 0 unspecified atom stereocenters. The molecule has 5 rings (SSSR count). The Balaban J connectivity index is 1.64. The third kappa shape index (κ3) is 5.75. The van der Waals surface area contributed by atoms with Crippen LogP contribution in [0, 0.1) is 11.5 Å². The number of sulfone groups is 1. The van der Waals surface area contributed by atoms with E-state index in [0.29, 0.717) is 46.3 Å². The van der Waals surface area contributed by atoms with Crippen LogP contribution >= 0.6 is 0 Å². The number of hydrogen-bond donors (Lipinski definition) is 2. The smallest absolute Gasteiger partial charge is 0.323 e. The number of nitrogens with one attached hydrogen (secondary N) is 2. The van der Waals surface area contributed by atoms with Gasteiger partial charge in [0.1, 0.15) is 13.9 Å². The Labute approximate surface area is 256 Å². The highest BCUT2D eigenvalue weighted by atomic mass is 32.2. The van der Waals surface area contributed by atoms with Crippen LogP contribution in [0.3, 0.4) is 0 Å². The Morgan fingerprint density at radius 1 is 1.00 bits per heavy atom. The molecule has 43 heavy (non-hydrogen) atoms. The van der Waals surface area contributed by atoms with Gasteiger partial charge >= 0.3 is 6.03 Å². The van der Waals surface area contributed by atoms with E-state index in [9.17, 15) is 13.2 Å². The second kappa shape index (κ2) is 11.5. The van der Waals surface area contributed by atoms with Crippen LogP contribution < -0.4 is 15.5 Å². The third-order valence-electron chi connectivity index (χ3n) is 9.38. The summed E-state index contributed by atoms with van der Waals surface area (Å²) in [5.74, 6) is 4.45. The number of amides is 2. The molecule has 1 saturated carbocycles. The van der Waals surface area contributed by atoms with E-state index in [4.69, 9.17) is 9.97 Å². The monoisotopic (exact) mass is 618 g/mol. The van der Waals surface area contributed by atoms with Gasteiger partial charge in [-0.2, -0.15) is 4.98 Å². The van der Waals surface area contributed by atoms with Gasteiger partial charge in [-0.05, 0) is 59.8 Å². The average molecular weight is 619 g/mol. The molecule has 9 nitrogen and oxygen atoms in total. The lowest BCUT2D eigenvalue weighted by molar-refractivity contribution is 0.250. The van der Waals surface area contributed by atoms with Crippen molar-refractivity contribution in [2.24, 2.45) is 0 Å². The van der Waals surface area contributed by atoms with Crippen LogP contribution in [0.5, 0.6) is 0 Å². The number of nitrogens with zero attached hydrogens (tertiary/aromatic N) is 4. The second-order valence-corrected chi connectivity index (χ2v) is 20.5. The van der Waals surface area contributed by atoms with E-state index in [1.165, 1.54) is 6.26 Å². The molecule has 2 aliphatic rings. The topological polar surface area (TPSA) is 117 Å². The molecule has 1 saturated heterocycles. The summed E-state index contributed by atoms with van der Waals surface area (Å²) in [5, 5.41) is 6.95. The van der Waals surface area contributed by atoms with E-state index in [1.807, 2.05) is 11.0 Å². The lowest BCUT2D eigenvalue weighted by Crippen LogP contribution is -2.45. The van der Waals surface area contributed by atoms with E-state index >= 15 is 0 Å². The van der Waals surface area contributed by atoms with Crippen molar-refractivity contribution in [2.75, 3.05) is 23.0 Å². The Hall–Kier alpha value is -3.49. The zero-order valence-corrected chi connectivity index (χ0v) is 28.0. The Morgan fingerprint density at radius 3 is 2.21 bits per heavy atom. The molecular weight excluding hydrogens is 577 g/mol. The molecule has 0 bridgehead atoms. The summed E-state index contributed by atoms with van der Waals surface area (Å²) in [7, 11) is -5.34. The van der Waals surface area contributed by atoms with E-state index in [2.05, 4.69) is 68.6 Å². The number of rotatable bonds is 7. The summed E-state index contributed by atoms with van der Waals surface area (Å²) in [6.07, 6.45) is 6.91. The van der Waals surface area contributed by atoms with Gasteiger partial charge in [0, 0.05) is 30.2 Å². The molecule has 2 N–H and O–H groups in total.